The first-order valence-corrected chi connectivity index (χ1v) is 8.01. The van der Waals surface area contributed by atoms with Gasteiger partial charge in [-0.1, -0.05) is 6.92 Å². The summed E-state index contributed by atoms with van der Waals surface area (Å²) in [5, 5.41) is 3.54. The number of hydrogen-bond donors (Lipinski definition) is 1. The highest BCUT2D eigenvalue weighted by molar-refractivity contribution is 5.17. The molecule has 1 N–H and O–H groups in total. The Kier molecular flexibility index (Phi) is 4.44. The maximum Gasteiger partial charge on any atom is 0.122 e. The van der Waals surface area contributed by atoms with Crippen molar-refractivity contribution < 1.29 is 4.42 Å². The van der Waals surface area contributed by atoms with Gasteiger partial charge in [0.2, 0.25) is 0 Å². The number of nitrogens with zero attached hydrogens (tertiary/aromatic N) is 2. The monoisotopic (exact) mass is 277 g/mol. The van der Waals surface area contributed by atoms with Gasteiger partial charge in [0.05, 0.1) is 12.8 Å². The quantitative estimate of drug-likeness (QED) is 0.862. The third-order valence-corrected chi connectivity index (χ3v) is 4.62. The van der Waals surface area contributed by atoms with Crippen LogP contribution in [0.4, 0.5) is 0 Å². The Hall–Kier alpha value is -0.840. The summed E-state index contributed by atoms with van der Waals surface area (Å²) in [6, 6.07) is 3.54. The van der Waals surface area contributed by atoms with Gasteiger partial charge in [0.15, 0.2) is 0 Å². The van der Waals surface area contributed by atoms with Crippen molar-refractivity contribution >= 4 is 0 Å². The van der Waals surface area contributed by atoms with E-state index < -0.39 is 0 Å². The Balaban J connectivity index is 1.53. The molecule has 1 saturated carbocycles. The Bertz CT molecular complexity index is 427. The zero-order valence-corrected chi connectivity index (χ0v) is 12.8. The summed E-state index contributed by atoms with van der Waals surface area (Å²) < 4.78 is 5.65. The van der Waals surface area contributed by atoms with E-state index in [1.807, 2.05) is 6.26 Å². The number of rotatable bonds is 6. The molecular weight excluding hydrogens is 250 g/mol. The van der Waals surface area contributed by atoms with Gasteiger partial charge >= 0.3 is 0 Å². The summed E-state index contributed by atoms with van der Waals surface area (Å²) in [7, 11) is 0. The Morgan fingerprint density at radius 3 is 2.90 bits per heavy atom. The first-order valence-electron chi connectivity index (χ1n) is 8.01. The van der Waals surface area contributed by atoms with E-state index in [4.69, 9.17) is 4.42 Å². The summed E-state index contributed by atoms with van der Waals surface area (Å²) in [6.07, 6.45) is 4.49. The fraction of sp³-hybridized carbons (Fsp3) is 0.750. The van der Waals surface area contributed by atoms with Gasteiger partial charge in [0.25, 0.3) is 0 Å². The lowest BCUT2D eigenvalue weighted by Crippen LogP contribution is -2.51. The van der Waals surface area contributed by atoms with Crippen molar-refractivity contribution in [2.45, 2.75) is 51.9 Å². The van der Waals surface area contributed by atoms with Gasteiger partial charge in [-0.05, 0) is 32.4 Å². The van der Waals surface area contributed by atoms with Crippen LogP contribution in [0.3, 0.4) is 0 Å². The van der Waals surface area contributed by atoms with Crippen molar-refractivity contribution in [1.82, 2.24) is 15.1 Å². The van der Waals surface area contributed by atoms with Crippen molar-refractivity contribution in [3.05, 3.63) is 23.7 Å². The predicted octanol–water partition coefficient (Wildman–Crippen LogP) is 2.06. The normalized spacial score (nSPS) is 25.2. The maximum atomic E-state index is 5.65. The van der Waals surface area contributed by atoms with E-state index in [-0.39, 0.29) is 0 Å². The van der Waals surface area contributed by atoms with E-state index in [2.05, 4.69) is 35.0 Å². The fourth-order valence-corrected chi connectivity index (χ4v) is 3.11. The van der Waals surface area contributed by atoms with Gasteiger partial charge < -0.3 is 9.73 Å². The van der Waals surface area contributed by atoms with E-state index in [1.54, 1.807) is 0 Å². The highest BCUT2D eigenvalue weighted by Gasteiger charge is 2.24. The van der Waals surface area contributed by atoms with Crippen molar-refractivity contribution in [1.29, 1.82) is 0 Å². The van der Waals surface area contributed by atoms with E-state index in [0.717, 1.165) is 38.0 Å². The minimum Gasteiger partial charge on any atom is -0.468 e. The van der Waals surface area contributed by atoms with Crippen LogP contribution in [0.15, 0.2) is 16.7 Å². The lowest BCUT2D eigenvalue weighted by atomic mass is 10.1. The van der Waals surface area contributed by atoms with Gasteiger partial charge in [-0.3, -0.25) is 9.80 Å². The molecule has 4 nitrogen and oxygen atoms in total. The topological polar surface area (TPSA) is 31.6 Å². The molecule has 0 spiro atoms. The maximum absolute atomic E-state index is 5.65. The van der Waals surface area contributed by atoms with Crippen LogP contribution in [0.2, 0.25) is 0 Å². The molecule has 1 aliphatic heterocycles. The van der Waals surface area contributed by atoms with Gasteiger partial charge in [0, 0.05) is 43.8 Å². The molecule has 2 fully saturated rings. The molecule has 2 aliphatic rings. The van der Waals surface area contributed by atoms with E-state index in [1.165, 1.54) is 31.5 Å². The Labute approximate surface area is 122 Å². The molecule has 0 aromatic carbocycles. The first-order chi connectivity index (χ1) is 9.76. The third kappa shape index (κ3) is 3.43. The van der Waals surface area contributed by atoms with Crippen LogP contribution in [-0.2, 0) is 13.1 Å². The Morgan fingerprint density at radius 1 is 1.35 bits per heavy atom. The molecule has 1 atom stereocenters. The average molecular weight is 277 g/mol. The third-order valence-electron chi connectivity index (χ3n) is 4.62. The molecule has 0 radical (unpaired) electrons. The standard InChI is InChI=1S/C16H27N3O/c1-3-19-8-7-18(11-13(19)2)12-14-6-9-20-16(14)10-17-15-4-5-15/h6,9,13,15,17H,3-5,7-8,10-12H2,1-2H3. The first kappa shape index (κ1) is 14.1. The second kappa shape index (κ2) is 6.29. The lowest BCUT2D eigenvalue weighted by Gasteiger charge is -2.39. The SMILES string of the molecule is CCN1CCN(Cc2ccoc2CNC2CC2)CC1C. The van der Waals surface area contributed by atoms with Crippen LogP contribution in [-0.4, -0.2) is 48.1 Å². The molecule has 1 aliphatic carbocycles. The smallest absolute Gasteiger partial charge is 0.122 e. The molecule has 1 unspecified atom stereocenters. The second-order valence-corrected chi connectivity index (χ2v) is 6.24. The number of furan rings is 1. The lowest BCUT2D eigenvalue weighted by molar-refractivity contribution is 0.0830. The molecule has 1 saturated heterocycles. The van der Waals surface area contributed by atoms with Gasteiger partial charge in [-0.2, -0.15) is 0 Å². The fourth-order valence-electron chi connectivity index (χ4n) is 3.11. The zero-order valence-electron chi connectivity index (χ0n) is 12.8. The number of piperazine rings is 1. The summed E-state index contributed by atoms with van der Waals surface area (Å²) in [5.41, 5.74) is 1.36. The highest BCUT2D eigenvalue weighted by atomic mass is 16.3. The molecule has 112 valence electrons. The summed E-state index contributed by atoms with van der Waals surface area (Å²) in [6.45, 7) is 11.2. The molecule has 3 rings (SSSR count). The van der Waals surface area contributed by atoms with E-state index >= 15 is 0 Å². The van der Waals surface area contributed by atoms with Crippen LogP contribution in [0.5, 0.6) is 0 Å². The summed E-state index contributed by atoms with van der Waals surface area (Å²) in [5.74, 6) is 1.13. The molecule has 2 heterocycles. The average Bonchev–Trinajstić information content (AvgIpc) is 3.17. The van der Waals surface area contributed by atoms with Crippen LogP contribution in [0.25, 0.3) is 0 Å². The van der Waals surface area contributed by atoms with Crippen LogP contribution < -0.4 is 5.32 Å². The molecule has 1 aromatic heterocycles. The Morgan fingerprint density at radius 2 is 2.20 bits per heavy atom. The van der Waals surface area contributed by atoms with E-state index in [9.17, 15) is 0 Å². The van der Waals surface area contributed by atoms with Crippen LogP contribution >= 0.6 is 0 Å². The van der Waals surface area contributed by atoms with E-state index in [0.29, 0.717) is 6.04 Å². The molecule has 20 heavy (non-hydrogen) atoms. The van der Waals surface area contributed by atoms with Crippen molar-refractivity contribution in [2.24, 2.45) is 0 Å². The zero-order chi connectivity index (χ0) is 13.9. The largest absolute Gasteiger partial charge is 0.468 e. The number of likely N-dealkylation sites (N-methyl/N-ethyl adjacent to an activating group) is 1. The van der Waals surface area contributed by atoms with Crippen LogP contribution in [0, 0.1) is 0 Å². The minimum atomic E-state index is 0.661. The highest BCUT2D eigenvalue weighted by Crippen LogP contribution is 2.21. The summed E-state index contributed by atoms with van der Waals surface area (Å²) >= 11 is 0. The van der Waals surface area contributed by atoms with Crippen molar-refractivity contribution in [2.75, 3.05) is 26.2 Å². The van der Waals surface area contributed by atoms with Gasteiger partial charge in [-0.15, -0.1) is 0 Å². The molecule has 1 aromatic rings. The van der Waals surface area contributed by atoms with Gasteiger partial charge in [0.1, 0.15) is 5.76 Å². The van der Waals surface area contributed by atoms with Crippen molar-refractivity contribution in [3.8, 4) is 0 Å². The predicted molar refractivity (Wildman–Crippen MR) is 80.6 cm³/mol. The molecule has 4 heteroatoms. The second-order valence-electron chi connectivity index (χ2n) is 6.24. The van der Waals surface area contributed by atoms with Crippen molar-refractivity contribution in [3.63, 3.8) is 0 Å². The number of hydrogen-bond acceptors (Lipinski definition) is 4. The summed E-state index contributed by atoms with van der Waals surface area (Å²) in [4.78, 5) is 5.11. The van der Waals surface area contributed by atoms with Crippen LogP contribution in [0.1, 0.15) is 38.0 Å². The molecule has 0 amide bonds. The molecular formula is C16H27N3O. The number of nitrogens with one attached hydrogen (secondary N) is 1. The molecule has 0 bridgehead atoms. The van der Waals surface area contributed by atoms with Gasteiger partial charge in [-0.25, -0.2) is 0 Å². The minimum absolute atomic E-state index is 0.661.